The highest BCUT2D eigenvalue weighted by molar-refractivity contribution is 5.81. The summed E-state index contributed by atoms with van der Waals surface area (Å²) in [6.45, 7) is 2.46. The molecule has 2 atom stereocenters. The van der Waals surface area contributed by atoms with Crippen molar-refractivity contribution < 1.29 is 24.2 Å². The molecule has 1 aromatic carbocycles. The van der Waals surface area contributed by atoms with Crippen molar-refractivity contribution in [3.8, 4) is 11.5 Å². The fourth-order valence-electron chi connectivity index (χ4n) is 3.08. The molecule has 21 heavy (non-hydrogen) atoms. The maximum atomic E-state index is 12.1. The van der Waals surface area contributed by atoms with E-state index in [1.165, 1.54) is 0 Å². The predicted octanol–water partition coefficient (Wildman–Crippen LogP) is 0.465. The van der Waals surface area contributed by atoms with Gasteiger partial charge in [-0.1, -0.05) is 6.07 Å². The number of amides is 1. The molecule has 3 rings (SSSR count). The van der Waals surface area contributed by atoms with Crippen LogP contribution in [0, 0.1) is 5.92 Å². The van der Waals surface area contributed by atoms with Crippen LogP contribution in [-0.2, 0) is 9.59 Å². The quantitative estimate of drug-likeness (QED) is 0.808. The summed E-state index contributed by atoms with van der Waals surface area (Å²) in [7, 11) is 0. The Labute approximate surface area is 122 Å². The summed E-state index contributed by atoms with van der Waals surface area (Å²) in [5.41, 5.74) is 0.739. The Kier molecular flexibility index (Phi) is 3.45. The van der Waals surface area contributed by atoms with Crippen molar-refractivity contribution in [3.05, 3.63) is 23.8 Å². The first-order chi connectivity index (χ1) is 10.1. The number of benzene rings is 1. The number of carbonyl (C=O) groups is 2. The van der Waals surface area contributed by atoms with Gasteiger partial charge in [0.15, 0.2) is 11.5 Å². The topological polar surface area (TPSA) is 78.9 Å². The van der Waals surface area contributed by atoms with E-state index in [1.54, 1.807) is 23.1 Å². The van der Waals surface area contributed by atoms with Gasteiger partial charge in [0.05, 0.1) is 6.04 Å². The second-order valence-corrected chi connectivity index (χ2v) is 5.20. The number of hydrogen-bond acceptors (Lipinski definition) is 5. The lowest BCUT2D eigenvalue weighted by molar-refractivity contribution is -0.314. The first-order valence-corrected chi connectivity index (χ1v) is 7.01. The van der Waals surface area contributed by atoms with Gasteiger partial charge in [-0.25, -0.2) is 0 Å². The van der Waals surface area contributed by atoms with E-state index in [1.807, 2.05) is 6.92 Å². The van der Waals surface area contributed by atoms with Crippen molar-refractivity contribution in [2.24, 2.45) is 5.92 Å². The van der Waals surface area contributed by atoms with E-state index < -0.39 is 17.9 Å². The number of carboxylic acids is 1. The number of piperidine rings is 1. The molecule has 0 saturated carbocycles. The third-order valence-corrected chi connectivity index (χ3v) is 4.09. The van der Waals surface area contributed by atoms with Gasteiger partial charge in [-0.15, -0.1) is 0 Å². The molecule has 0 bridgehead atoms. The second kappa shape index (κ2) is 5.27. The molecule has 6 heteroatoms. The van der Waals surface area contributed by atoms with Gasteiger partial charge in [0.25, 0.3) is 0 Å². The summed E-state index contributed by atoms with van der Waals surface area (Å²) >= 11 is 0. The van der Waals surface area contributed by atoms with Gasteiger partial charge in [0, 0.05) is 24.9 Å². The van der Waals surface area contributed by atoms with Crippen molar-refractivity contribution in [2.75, 3.05) is 13.3 Å². The molecule has 2 aliphatic heterocycles. The van der Waals surface area contributed by atoms with Gasteiger partial charge in [-0.05, 0) is 31.0 Å². The highest BCUT2D eigenvalue weighted by atomic mass is 16.7. The lowest BCUT2D eigenvalue weighted by Gasteiger charge is -2.41. The van der Waals surface area contributed by atoms with Crippen LogP contribution >= 0.6 is 0 Å². The molecule has 6 nitrogen and oxygen atoms in total. The van der Waals surface area contributed by atoms with E-state index in [9.17, 15) is 14.7 Å². The standard InChI is InChI=1S/C15H17NO5/c1-2-16-13(17)6-4-10(15(18)19)14(16)9-3-5-11-12(7-9)21-8-20-11/h3,5,7,10,14H,2,4,6,8H2,1H3,(H,18,19)/p-1/t10-,14+/m1/s1. The van der Waals surface area contributed by atoms with Gasteiger partial charge >= 0.3 is 0 Å². The molecule has 2 heterocycles. The van der Waals surface area contributed by atoms with Crippen molar-refractivity contribution in [2.45, 2.75) is 25.8 Å². The van der Waals surface area contributed by atoms with Crippen molar-refractivity contribution in [1.82, 2.24) is 4.90 Å². The van der Waals surface area contributed by atoms with Gasteiger partial charge < -0.3 is 24.3 Å². The Hall–Kier alpha value is -2.24. The smallest absolute Gasteiger partial charge is 0.231 e. The van der Waals surface area contributed by atoms with Gasteiger partial charge in [-0.2, -0.15) is 0 Å². The Morgan fingerprint density at radius 1 is 1.38 bits per heavy atom. The largest absolute Gasteiger partial charge is 0.550 e. The summed E-state index contributed by atoms with van der Waals surface area (Å²) < 4.78 is 10.6. The lowest BCUT2D eigenvalue weighted by atomic mass is 9.84. The highest BCUT2D eigenvalue weighted by Gasteiger charge is 2.37. The van der Waals surface area contributed by atoms with E-state index in [4.69, 9.17) is 9.47 Å². The molecule has 2 aliphatic rings. The number of hydrogen-bond donors (Lipinski definition) is 0. The first-order valence-electron chi connectivity index (χ1n) is 7.01. The summed E-state index contributed by atoms with van der Waals surface area (Å²) in [6, 6.07) is 4.77. The van der Waals surface area contributed by atoms with E-state index in [0.29, 0.717) is 24.5 Å². The van der Waals surface area contributed by atoms with E-state index in [2.05, 4.69) is 0 Å². The van der Waals surface area contributed by atoms with Crippen LogP contribution in [0.3, 0.4) is 0 Å². The second-order valence-electron chi connectivity index (χ2n) is 5.20. The maximum absolute atomic E-state index is 12.1. The van der Waals surface area contributed by atoms with Crippen LogP contribution in [0.2, 0.25) is 0 Å². The third kappa shape index (κ3) is 2.30. The number of fused-ring (bicyclic) bond motifs is 1. The van der Waals surface area contributed by atoms with Gasteiger partial charge in [0.1, 0.15) is 0 Å². The molecular formula is C15H16NO5-. The van der Waals surface area contributed by atoms with Gasteiger partial charge in [0.2, 0.25) is 12.7 Å². The minimum absolute atomic E-state index is 0.0299. The summed E-state index contributed by atoms with van der Waals surface area (Å²) in [5.74, 6) is -0.642. The summed E-state index contributed by atoms with van der Waals surface area (Å²) in [5, 5.41) is 11.4. The number of carbonyl (C=O) groups excluding carboxylic acids is 2. The predicted molar refractivity (Wildman–Crippen MR) is 70.4 cm³/mol. The van der Waals surface area contributed by atoms with Crippen LogP contribution in [0.25, 0.3) is 0 Å². The van der Waals surface area contributed by atoms with Crippen LogP contribution < -0.4 is 14.6 Å². The van der Waals surface area contributed by atoms with Gasteiger partial charge in [-0.3, -0.25) is 4.79 Å². The molecule has 0 spiro atoms. The number of rotatable bonds is 3. The van der Waals surface area contributed by atoms with Crippen molar-refractivity contribution in [1.29, 1.82) is 0 Å². The molecule has 1 fully saturated rings. The Bertz CT molecular complexity index is 583. The van der Waals surface area contributed by atoms with Crippen LogP contribution in [0.5, 0.6) is 11.5 Å². The van der Waals surface area contributed by atoms with E-state index in [-0.39, 0.29) is 19.1 Å². The molecule has 1 amide bonds. The number of carboxylic acid groups (broad SMARTS) is 1. The first kappa shape index (κ1) is 13.7. The molecule has 0 aliphatic carbocycles. The number of nitrogens with zero attached hydrogens (tertiary/aromatic N) is 1. The maximum Gasteiger partial charge on any atom is 0.231 e. The number of aliphatic carboxylic acids is 1. The highest BCUT2D eigenvalue weighted by Crippen LogP contribution is 2.40. The van der Waals surface area contributed by atoms with Crippen molar-refractivity contribution in [3.63, 3.8) is 0 Å². The molecule has 0 N–H and O–H groups in total. The molecule has 0 unspecified atom stereocenters. The van der Waals surface area contributed by atoms with E-state index in [0.717, 1.165) is 5.56 Å². The average Bonchev–Trinajstić information content (AvgIpc) is 2.93. The van der Waals surface area contributed by atoms with E-state index >= 15 is 0 Å². The average molecular weight is 290 g/mol. The molecule has 1 saturated heterocycles. The zero-order valence-corrected chi connectivity index (χ0v) is 11.7. The minimum atomic E-state index is -1.12. The number of likely N-dealkylation sites (tertiary alicyclic amines) is 1. The number of ether oxygens (including phenoxy) is 2. The third-order valence-electron chi connectivity index (χ3n) is 4.09. The minimum Gasteiger partial charge on any atom is -0.550 e. The fraction of sp³-hybridized carbons (Fsp3) is 0.467. The molecule has 1 aromatic rings. The van der Waals surface area contributed by atoms with Crippen LogP contribution in [0.15, 0.2) is 18.2 Å². The Balaban J connectivity index is 2.01. The normalized spacial score (nSPS) is 24.2. The molecule has 112 valence electrons. The van der Waals surface area contributed by atoms with Crippen LogP contribution in [-0.4, -0.2) is 30.1 Å². The molecule has 0 aromatic heterocycles. The Morgan fingerprint density at radius 2 is 2.14 bits per heavy atom. The van der Waals surface area contributed by atoms with Crippen LogP contribution in [0.1, 0.15) is 31.4 Å². The SMILES string of the molecule is CCN1C(=O)CC[C@@H](C(=O)[O-])[C@@H]1c1ccc2c(c1)OCO2. The fourth-order valence-corrected chi connectivity index (χ4v) is 3.08. The Morgan fingerprint density at radius 3 is 2.86 bits per heavy atom. The zero-order valence-electron chi connectivity index (χ0n) is 11.7. The monoisotopic (exact) mass is 290 g/mol. The summed E-state index contributed by atoms with van der Waals surface area (Å²) in [4.78, 5) is 25.1. The lowest BCUT2D eigenvalue weighted by Crippen LogP contribution is -2.48. The molecule has 0 radical (unpaired) electrons. The van der Waals surface area contributed by atoms with Crippen LogP contribution in [0.4, 0.5) is 0 Å². The summed E-state index contributed by atoms with van der Waals surface area (Å²) in [6.07, 6.45) is 0.546. The molecular weight excluding hydrogens is 274 g/mol. The zero-order chi connectivity index (χ0) is 15.0. The van der Waals surface area contributed by atoms with Crippen molar-refractivity contribution >= 4 is 11.9 Å².